The first-order chi connectivity index (χ1) is 6.77. The van der Waals surface area contributed by atoms with Crippen molar-refractivity contribution in [1.82, 2.24) is 0 Å². The molecule has 0 heterocycles. The number of thiol groups is 1. The van der Waals surface area contributed by atoms with Gasteiger partial charge in [0.25, 0.3) is 0 Å². The van der Waals surface area contributed by atoms with Gasteiger partial charge in [0, 0.05) is 17.7 Å². The van der Waals surface area contributed by atoms with E-state index in [2.05, 4.69) is 24.5 Å². The van der Waals surface area contributed by atoms with E-state index in [1.165, 1.54) is 0 Å². The predicted octanol–water partition coefficient (Wildman–Crippen LogP) is 2.68. The SMILES string of the molecule is COc1ccc(C#CCCS)c(C)c1. The highest BCUT2D eigenvalue weighted by Gasteiger charge is 1.96. The number of ether oxygens (including phenoxy) is 1. The number of benzene rings is 1. The molecule has 0 aliphatic heterocycles. The van der Waals surface area contributed by atoms with Gasteiger partial charge in [-0.3, -0.25) is 0 Å². The lowest BCUT2D eigenvalue weighted by atomic mass is 10.1. The Morgan fingerprint density at radius 2 is 2.21 bits per heavy atom. The Morgan fingerprint density at radius 3 is 2.79 bits per heavy atom. The van der Waals surface area contributed by atoms with Crippen LogP contribution in [0.4, 0.5) is 0 Å². The molecule has 0 unspecified atom stereocenters. The third kappa shape index (κ3) is 3.01. The maximum absolute atomic E-state index is 5.12. The van der Waals surface area contributed by atoms with Crippen LogP contribution in [0.15, 0.2) is 18.2 Å². The largest absolute Gasteiger partial charge is 0.497 e. The van der Waals surface area contributed by atoms with Crippen molar-refractivity contribution in [3.05, 3.63) is 29.3 Å². The highest BCUT2D eigenvalue weighted by molar-refractivity contribution is 7.80. The summed E-state index contributed by atoms with van der Waals surface area (Å²) < 4.78 is 5.12. The van der Waals surface area contributed by atoms with Gasteiger partial charge < -0.3 is 4.74 Å². The van der Waals surface area contributed by atoms with Crippen LogP contribution in [0.2, 0.25) is 0 Å². The van der Waals surface area contributed by atoms with Crippen LogP contribution in [0.3, 0.4) is 0 Å². The molecule has 0 amide bonds. The quantitative estimate of drug-likeness (QED) is 0.578. The second kappa shape index (κ2) is 5.62. The molecule has 0 spiro atoms. The molecule has 74 valence electrons. The summed E-state index contributed by atoms with van der Waals surface area (Å²) >= 11 is 4.10. The predicted molar refractivity (Wildman–Crippen MR) is 63.1 cm³/mol. The Hall–Kier alpha value is -1.07. The first kappa shape index (κ1) is 11.0. The van der Waals surface area contributed by atoms with Crippen molar-refractivity contribution in [2.75, 3.05) is 12.9 Å². The smallest absolute Gasteiger partial charge is 0.119 e. The first-order valence-corrected chi connectivity index (χ1v) is 5.15. The molecule has 0 aromatic heterocycles. The summed E-state index contributed by atoms with van der Waals surface area (Å²) in [5.41, 5.74) is 2.21. The van der Waals surface area contributed by atoms with Gasteiger partial charge in [0.05, 0.1) is 7.11 Å². The van der Waals surface area contributed by atoms with Crippen molar-refractivity contribution in [2.45, 2.75) is 13.3 Å². The lowest BCUT2D eigenvalue weighted by molar-refractivity contribution is 0.414. The summed E-state index contributed by atoms with van der Waals surface area (Å²) in [6, 6.07) is 5.90. The number of rotatable bonds is 2. The molecular weight excluding hydrogens is 192 g/mol. The Balaban J connectivity index is 2.85. The minimum atomic E-state index is 0.808. The zero-order valence-corrected chi connectivity index (χ0v) is 9.40. The molecule has 1 nitrogen and oxygen atoms in total. The average molecular weight is 206 g/mol. The van der Waals surface area contributed by atoms with Gasteiger partial charge in [0.1, 0.15) is 5.75 Å². The van der Waals surface area contributed by atoms with Crippen molar-refractivity contribution in [2.24, 2.45) is 0 Å². The van der Waals surface area contributed by atoms with E-state index < -0.39 is 0 Å². The fourth-order valence-corrected chi connectivity index (χ4v) is 1.23. The first-order valence-electron chi connectivity index (χ1n) is 4.52. The van der Waals surface area contributed by atoms with Gasteiger partial charge in [-0.15, -0.1) is 0 Å². The topological polar surface area (TPSA) is 9.23 Å². The molecular formula is C12H14OS. The van der Waals surface area contributed by atoms with Crippen LogP contribution in [-0.2, 0) is 0 Å². The van der Waals surface area contributed by atoms with E-state index in [1.54, 1.807) is 7.11 Å². The molecule has 0 N–H and O–H groups in total. The fraction of sp³-hybridized carbons (Fsp3) is 0.333. The van der Waals surface area contributed by atoms with Crippen molar-refractivity contribution in [3.8, 4) is 17.6 Å². The van der Waals surface area contributed by atoms with E-state index in [-0.39, 0.29) is 0 Å². The van der Waals surface area contributed by atoms with E-state index >= 15 is 0 Å². The maximum atomic E-state index is 5.12. The summed E-state index contributed by atoms with van der Waals surface area (Å²) in [5, 5.41) is 0. The van der Waals surface area contributed by atoms with Gasteiger partial charge in [0.15, 0.2) is 0 Å². The second-order valence-corrected chi connectivity index (χ2v) is 3.40. The van der Waals surface area contributed by atoms with E-state index in [4.69, 9.17) is 4.74 Å². The van der Waals surface area contributed by atoms with Crippen LogP contribution in [0, 0.1) is 18.8 Å². The third-order valence-electron chi connectivity index (χ3n) is 1.89. The van der Waals surface area contributed by atoms with Gasteiger partial charge in [-0.05, 0) is 30.7 Å². The van der Waals surface area contributed by atoms with Crippen LogP contribution in [-0.4, -0.2) is 12.9 Å². The molecule has 1 rings (SSSR count). The van der Waals surface area contributed by atoms with Crippen molar-refractivity contribution < 1.29 is 4.74 Å². The summed E-state index contributed by atoms with van der Waals surface area (Å²) in [6.07, 6.45) is 0.828. The highest BCUT2D eigenvalue weighted by Crippen LogP contribution is 2.15. The Labute approximate surface area is 90.9 Å². The van der Waals surface area contributed by atoms with E-state index in [0.29, 0.717) is 0 Å². The summed E-state index contributed by atoms with van der Waals surface area (Å²) in [7, 11) is 1.67. The zero-order valence-electron chi connectivity index (χ0n) is 8.50. The summed E-state index contributed by atoms with van der Waals surface area (Å²) in [4.78, 5) is 0. The molecule has 0 saturated carbocycles. The molecule has 1 aromatic rings. The minimum absolute atomic E-state index is 0.808. The molecule has 0 radical (unpaired) electrons. The number of aryl methyl sites for hydroxylation is 1. The lowest BCUT2D eigenvalue weighted by Crippen LogP contribution is -1.86. The van der Waals surface area contributed by atoms with E-state index in [9.17, 15) is 0 Å². The van der Waals surface area contributed by atoms with Crippen LogP contribution in [0.1, 0.15) is 17.5 Å². The van der Waals surface area contributed by atoms with Crippen LogP contribution >= 0.6 is 12.6 Å². The van der Waals surface area contributed by atoms with E-state index in [1.807, 2.05) is 25.1 Å². The molecule has 14 heavy (non-hydrogen) atoms. The molecule has 0 bridgehead atoms. The monoisotopic (exact) mass is 206 g/mol. The second-order valence-electron chi connectivity index (χ2n) is 2.96. The average Bonchev–Trinajstić information content (AvgIpc) is 2.20. The van der Waals surface area contributed by atoms with Crippen LogP contribution in [0.5, 0.6) is 5.75 Å². The molecule has 0 fully saturated rings. The normalized spacial score (nSPS) is 9.07. The molecule has 1 aromatic carbocycles. The van der Waals surface area contributed by atoms with Gasteiger partial charge >= 0.3 is 0 Å². The van der Waals surface area contributed by atoms with Crippen molar-refractivity contribution >= 4 is 12.6 Å². The molecule has 0 aliphatic rings. The minimum Gasteiger partial charge on any atom is -0.497 e. The number of hydrogen-bond acceptors (Lipinski definition) is 2. The molecule has 2 heteroatoms. The summed E-state index contributed by atoms with van der Waals surface area (Å²) in [5.74, 6) is 7.86. The van der Waals surface area contributed by atoms with E-state index in [0.717, 1.165) is 29.1 Å². The zero-order chi connectivity index (χ0) is 10.4. The van der Waals surface area contributed by atoms with Gasteiger partial charge in [0.2, 0.25) is 0 Å². The van der Waals surface area contributed by atoms with Gasteiger partial charge in [-0.2, -0.15) is 12.6 Å². The lowest BCUT2D eigenvalue weighted by Gasteiger charge is -2.02. The Kier molecular flexibility index (Phi) is 4.42. The van der Waals surface area contributed by atoms with Crippen LogP contribution in [0.25, 0.3) is 0 Å². The molecule has 0 atom stereocenters. The fourth-order valence-electron chi connectivity index (χ4n) is 1.12. The number of methoxy groups -OCH3 is 1. The Bertz CT molecular complexity index is 360. The molecule has 0 aliphatic carbocycles. The van der Waals surface area contributed by atoms with Gasteiger partial charge in [-0.25, -0.2) is 0 Å². The summed E-state index contributed by atoms with van der Waals surface area (Å²) in [6.45, 7) is 2.03. The highest BCUT2D eigenvalue weighted by atomic mass is 32.1. The third-order valence-corrected chi connectivity index (χ3v) is 2.12. The number of hydrogen-bond donors (Lipinski definition) is 1. The maximum Gasteiger partial charge on any atom is 0.119 e. The Morgan fingerprint density at radius 1 is 1.43 bits per heavy atom. The van der Waals surface area contributed by atoms with Crippen molar-refractivity contribution in [3.63, 3.8) is 0 Å². The van der Waals surface area contributed by atoms with Gasteiger partial charge in [-0.1, -0.05) is 11.8 Å². The van der Waals surface area contributed by atoms with Crippen molar-refractivity contribution in [1.29, 1.82) is 0 Å². The van der Waals surface area contributed by atoms with Crippen LogP contribution < -0.4 is 4.74 Å². The molecule has 0 saturated heterocycles. The standard InChI is InChI=1S/C12H14OS/c1-10-9-12(13-2)7-6-11(10)5-3-4-8-14/h6-7,9,14H,4,8H2,1-2H3.